The maximum atomic E-state index is 13.0. The summed E-state index contributed by atoms with van der Waals surface area (Å²) in [5.41, 5.74) is 2.37. The van der Waals surface area contributed by atoms with Gasteiger partial charge in [0.15, 0.2) is 0 Å². The second kappa shape index (κ2) is 9.04. The van der Waals surface area contributed by atoms with Gasteiger partial charge in [0.25, 0.3) is 5.91 Å². The zero-order valence-corrected chi connectivity index (χ0v) is 16.6. The molecule has 4 aromatic rings. The lowest BCUT2D eigenvalue weighted by atomic mass is 10.1. The lowest BCUT2D eigenvalue weighted by molar-refractivity contribution is 0.102. The number of anilines is 1. The minimum Gasteiger partial charge on any atom is -0.495 e. The number of nitrogens with one attached hydrogen (secondary N) is 1. The summed E-state index contributed by atoms with van der Waals surface area (Å²) in [4.78, 5) is 12.7. The molecule has 1 N–H and O–H groups in total. The minimum atomic E-state index is -0.344. The van der Waals surface area contributed by atoms with Crippen molar-refractivity contribution in [3.8, 4) is 28.6 Å². The van der Waals surface area contributed by atoms with Gasteiger partial charge in [-0.1, -0.05) is 24.3 Å². The Morgan fingerprint density at radius 3 is 2.45 bits per heavy atom. The topological polar surface area (TPSA) is 73.3 Å². The second-order valence-corrected chi connectivity index (χ2v) is 6.55. The Morgan fingerprint density at radius 1 is 0.903 bits per heavy atom. The highest BCUT2D eigenvalue weighted by Crippen LogP contribution is 2.25. The molecule has 0 radical (unpaired) electrons. The van der Waals surface area contributed by atoms with Crippen LogP contribution in [0.5, 0.6) is 17.4 Å². The van der Waals surface area contributed by atoms with Gasteiger partial charge >= 0.3 is 0 Å². The number of carbonyl (C=O) groups is 1. The van der Waals surface area contributed by atoms with Gasteiger partial charge in [-0.05, 0) is 54.6 Å². The molecule has 31 heavy (non-hydrogen) atoms. The molecule has 0 aliphatic heterocycles. The fourth-order valence-electron chi connectivity index (χ4n) is 2.91. The van der Waals surface area contributed by atoms with E-state index in [0.717, 1.165) is 5.56 Å². The maximum Gasteiger partial charge on any atom is 0.255 e. The van der Waals surface area contributed by atoms with Gasteiger partial charge in [-0.3, -0.25) is 4.79 Å². The Labute approximate surface area is 178 Å². The van der Waals surface area contributed by atoms with Gasteiger partial charge in [0.2, 0.25) is 5.88 Å². The molecule has 0 saturated carbocycles. The van der Waals surface area contributed by atoms with E-state index < -0.39 is 0 Å². The summed E-state index contributed by atoms with van der Waals surface area (Å²) in [6.07, 6.45) is 0. The molecule has 0 atom stereocenters. The SMILES string of the molecule is COc1ccccc1NC(=O)c1cccc(-c2ccc(Oc3ccc(F)cc3)nn2)c1. The fraction of sp³-hybridized carbons (Fsp3) is 0.0417. The van der Waals surface area contributed by atoms with Crippen LogP contribution < -0.4 is 14.8 Å². The molecular formula is C24H18FN3O3. The third kappa shape index (κ3) is 4.84. The van der Waals surface area contributed by atoms with Gasteiger partial charge in [-0.15, -0.1) is 10.2 Å². The lowest BCUT2D eigenvalue weighted by Crippen LogP contribution is -2.12. The number of hydrogen-bond acceptors (Lipinski definition) is 5. The predicted molar refractivity (Wildman–Crippen MR) is 115 cm³/mol. The minimum absolute atomic E-state index is 0.268. The van der Waals surface area contributed by atoms with E-state index in [0.29, 0.717) is 28.4 Å². The zero-order chi connectivity index (χ0) is 21.6. The third-order valence-corrected chi connectivity index (χ3v) is 4.45. The molecule has 3 aromatic carbocycles. The molecule has 0 saturated heterocycles. The normalized spacial score (nSPS) is 10.4. The molecule has 7 heteroatoms. The van der Waals surface area contributed by atoms with Crippen molar-refractivity contribution >= 4 is 11.6 Å². The number of benzene rings is 3. The van der Waals surface area contributed by atoms with Crippen LogP contribution >= 0.6 is 0 Å². The molecule has 4 rings (SSSR count). The molecule has 0 fully saturated rings. The van der Waals surface area contributed by atoms with Crippen LogP contribution in [0.3, 0.4) is 0 Å². The van der Waals surface area contributed by atoms with Crippen molar-refractivity contribution in [2.24, 2.45) is 0 Å². The summed E-state index contributed by atoms with van der Waals surface area (Å²) in [5, 5.41) is 11.1. The molecule has 0 aliphatic rings. The summed E-state index contributed by atoms with van der Waals surface area (Å²) in [5.74, 6) is 0.701. The van der Waals surface area contributed by atoms with Gasteiger partial charge in [-0.2, -0.15) is 0 Å². The second-order valence-electron chi connectivity index (χ2n) is 6.55. The van der Waals surface area contributed by atoms with Crippen molar-refractivity contribution in [3.05, 3.63) is 96.3 Å². The van der Waals surface area contributed by atoms with Crippen LogP contribution in [0.15, 0.2) is 84.9 Å². The Bertz CT molecular complexity index is 1200. The number of amides is 1. The van der Waals surface area contributed by atoms with E-state index >= 15 is 0 Å². The van der Waals surface area contributed by atoms with E-state index in [1.54, 1.807) is 49.6 Å². The van der Waals surface area contributed by atoms with E-state index in [9.17, 15) is 9.18 Å². The predicted octanol–water partition coefficient (Wildman–Crippen LogP) is 5.34. The highest BCUT2D eigenvalue weighted by atomic mass is 19.1. The first-order valence-corrected chi connectivity index (χ1v) is 9.44. The molecule has 0 unspecified atom stereocenters. The Hall–Kier alpha value is -4.26. The van der Waals surface area contributed by atoms with Gasteiger partial charge in [-0.25, -0.2) is 4.39 Å². The fourth-order valence-corrected chi connectivity index (χ4v) is 2.91. The number of nitrogens with zero attached hydrogens (tertiary/aromatic N) is 2. The zero-order valence-electron chi connectivity index (χ0n) is 16.6. The summed E-state index contributed by atoms with van der Waals surface area (Å²) in [6.45, 7) is 0. The monoisotopic (exact) mass is 415 g/mol. The largest absolute Gasteiger partial charge is 0.495 e. The highest BCUT2D eigenvalue weighted by molar-refractivity contribution is 6.05. The first-order valence-electron chi connectivity index (χ1n) is 9.44. The van der Waals surface area contributed by atoms with Crippen molar-refractivity contribution < 1.29 is 18.7 Å². The van der Waals surface area contributed by atoms with Crippen LogP contribution in [-0.2, 0) is 0 Å². The van der Waals surface area contributed by atoms with E-state index in [2.05, 4.69) is 15.5 Å². The molecule has 1 aromatic heterocycles. The number of carbonyl (C=O) groups excluding carboxylic acids is 1. The van der Waals surface area contributed by atoms with Crippen LogP contribution in [0.1, 0.15) is 10.4 Å². The Kier molecular flexibility index (Phi) is 5.84. The first kappa shape index (κ1) is 20.0. The molecule has 1 heterocycles. The van der Waals surface area contributed by atoms with Gasteiger partial charge in [0, 0.05) is 17.2 Å². The molecule has 154 valence electrons. The molecule has 6 nitrogen and oxygen atoms in total. The number of aromatic nitrogens is 2. The highest BCUT2D eigenvalue weighted by Gasteiger charge is 2.11. The van der Waals surface area contributed by atoms with Gasteiger partial charge < -0.3 is 14.8 Å². The molecular weight excluding hydrogens is 397 g/mol. The number of halogens is 1. The van der Waals surface area contributed by atoms with Crippen LogP contribution in [0.4, 0.5) is 10.1 Å². The average molecular weight is 415 g/mol. The summed E-state index contributed by atoms with van der Waals surface area (Å²) >= 11 is 0. The van der Waals surface area contributed by atoms with Crippen molar-refractivity contribution in [2.75, 3.05) is 12.4 Å². The van der Waals surface area contributed by atoms with Crippen LogP contribution in [0.2, 0.25) is 0 Å². The number of rotatable bonds is 6. The van der Waals surface area contributed by atoms with Crippen LogP contribution in [0, 0.1) is 5.82 Å². The Morgan fingerprint density at radius 2 is 1.71 bits per heavy atom. The average Bonchev–Trinajstić information content (AvgIpc) is 2.81. The van der Waals surface area contributed by atoms with E-state index in [1.807, 2.05) is 18.2 Å². The Balaban J connectivity index is 1.49. The standard InChI is InChI=1S/C24H18FN3O3/c1-30-22-8-3-2-7-21(22)26-24(29)17-6-4-5-16(15-17)20-13-14-23(28-27-20)31-19-11-9-18(25)10-12-19/h2-15H,1H3,(H,26,29). The molecule has 0 bridgehead atoms. The number of hydrogen-bond donors (Lipinski definition) is 1. The number of para-hydroxylation sites is 2. The van der Waals surface area contributed by atoms with Gasteiger partial charge in [0.05, 0.1) is 18.5 Å². The van der Waals surface area contributed by atoms with Crippen molar-refractivity contribution in [2.45, 2.75) is 0 Å². The van der Waals surface area contributed by atoms with Gasteiger partial charge in [0.1, 0.15) is 17.3 Å². The van der Waals surface area contributed by atoms with Crippen LogP contribution in [-0.4, -0.2) is 23.2 Å². The number of ether oxygens (including phenoxy) is 2. The van der Waals surface area contributed by atoms with Crippen molar-refractivity contribution in [1.82, 2.24) is 10.2 Å². The van der Waals surface area contributed by atoms with E-state index in [-0.39, 0.29) is 17.6 Å². The molecule has 0 spiro atoms. The smallest absolute Gasteiger partial charge is 0.255 e. The first-order chi connectivity index (χ1) is 15.1. The lowest BCUT2D eigenvalue weighted by Gasteiger charge is -2.10. The summed E-state index contributed by atoms with van der Waals surface area (Å²) in [7, 11) is 1.55. The van der Waals surface area contributed by atoms with Crippen molar-refractivity contribution in [3.63, 3.8) is 0 Å². The van der Waals surface area contributed by atoms with Crippen molar-refractivity contribution in [1.29, 1.82) is 0 Å². The van der Waals surface area contributed by atoms with E-state index in [4.69, 9.17) is 9.47 Å². The molecule has 1 amide bonds. The summed E-state index contributed by atoms with van der Waals surface area (Å²) < 4.78 is 23.8. The van der Waals surface area contributed by atoms with E-state index in [1.165, 1.54) is 24.3 Å². The maximum absolute atomic E-state index is 13.0. The summed E-state index contributed by atoms with van der Waals surface area (Å²) in [6, 6.07) is 23.3. The molecule has 0 aliphatic carbocycles. The quantitative estimate of drug-likeness (QED) is 0.460. The number of methoxy groups -OCH3 is 1. The third-order valence-electron chi connectivity index (χ3n) is 4.45. The van der Waals surface area contributed by atoms with Crippen LogP contribution in [0.25, 0.3) is 11.3 Å².